The van der Waals surface area contributed by atoms with Gasteiger partial charge < -0.3 is 9.88 Å². The molecule has 0 unspecified atom stereocenters. The molecule has 0 fully saturated rings. The molecule has 0 saturated carbocycles. The maximum absolute atomic E-state index is 12.4. The molecule has 7 nitrogen and oxygen atoms in total. The van der Waals surface area contributed by atoms with Crippen molar-refractivity contribution in [3.63, 3.8) is 0 Å². The van der Waals surface area contributed by atoms with Crippen LogP contribution in [-0.4, -0.2) is 36.4 Å². The minimum atomic E-state index is -0.0808. The van der Waals surface area contributed by atoms with Gasteiger partial charge in [0.1, 0.15) is 5.82 Å². The quantitative estimate of drug-likeness (QED) is 0.289. The van der Waals surface area contributed by atoms with Crippen LogP contribution < -0.4 is 5.32 Å². The van der Waals surface area contributed by atoms with Gasteiger partial charge in [0.2, 0.25) is 5.91 Å². The molecule has 0 aliphatic rings. The van der Waals surface area contributed by atoms with Crippen LogP contribution in [0.1, 0.15) is 28.3 Å². The zero-order valence-corrected chi connectivity index (χ0v) is 19.8. The molecule has 0 radical (unpaired) electrons. The first-order chi connectivity index (χ1) is 14.8. The van der Waals surface area contributed by atoms with E-state index in [1.54, 1.807) is 6.08 Å². The highest BCUT2D eigenvalue weighted by Crippen LogP contribution is 2.23. The van der Waals surface area contributed by atoms with Crippen molar-refractivity contribution in [3.8, 4) is 0 Å². The average molecular weight is 455 g/mol. The Morgan fingerprint density at radius 3 is 2.35 bits per heavy atom. The molecular formula is C22H26N6OS2. The minimum absolute atomic E-state index is 0.0808. The number of rotatable bonds is 9. The average Bonchev–Trinajstić information content (AvgIpc) is 3.05. The largest absolute Gasteiger partial charge is 0.325 e. The smallest absolute Gasteiger partial charge is 0.234 e. The van der Waals surface area contributed by atoms with Crippen LogP contribution in [0.3, 0.4) is 0 Å². The van der Waals surface area contributed by atoms with Gasteiger partial charge in [0.25, 0.3) is 0 Å². The summed E-state index contributed by atoms with van der Waals surface area (Å²) in [6.07, 6.45) is 1.80. The number of carbonyl (C=O) groups excluding carboxylic acids is 1. The summed E-state index contributed by atoms with van der Waals surface area (Å²) in [4.78, 5) is 21.3. The van der Waals surface area contributed by atoms with Crippen molar-refractivity contribution in [2.75, 3.05) is 11.1 Å². The van der Waals surface area contributed by atoms with E-state index in [1.165, 1.54) is 23.5 Å². The monoisotopic (exact) mass is 454 g/mol. The molecule has 1 aromatic carbocycles. The second kappa shape index (κ2) is 10.6. The lowest BCUT2D eigenvalue weighted by molar-refractivity contribution is -0.113. The summed E-state index contributed by atoms with van der Waals surface area (Å²) in [5.41, 5.74) is 4.91. The number of amides is 1. The normalized spacial score (nSPS) is 10.8. The lowest BCUT2D eigenvalue weighted by atomic mass is 10.1. The Morgan fingerprint density at radius 1 is 1.03 bits per heavy atom. The van der Waals surface area contributed by atoms with Crippen LogP contribution in [0, 0.1) is 27.7 Å². The van der Waals surface area contributed by atoms with Crippen LogP contribution in [0.4, 0.5) is 5.69 Å². The molecule has 1 amide bonds. The van der Waals surface area contributed by atoms with E-state index >= 15 is 0 Å². The Kier molecular flexibility index (Phi) is 7.86. The van der Waals surface area contributed by atoms with Gasteiger partial charge in [-0.15, -0.1) is 16.8 Å². The number of nitrogens with one attached hydrogen (secondary N) is 1. The molecule has 0 aliphatic heterocycles. The predicted molar refractivity (Wildman–Crippen MR) is 127 cm³/mol. The number of thioether (sulfide) groups is 2. The number of carbonyl (C=O) groups is 1. The zero-order chi connectivity index (χ0) is 22.4. The molecule has 0 spiro atoms. The molecule has 3 rings (SSSR count). The van der Waals surface area contributed by atoms with Gasteiger partial charge >= 0.3 is 0 Å². The second-order valence-corrected chi connectivity index (χ2v) is 9.12. The molecule has 0 bridgehead atoms. The number of benzene rings is 1. The summed E-state index contributed by atoms with van der Waals surface area (Å²) in [5.74, 6) is 1.54. The number of allylic oxidation sites excluding steroid dienone is 1. The number of anilines is 1. The van der Waals surface area contributed by atoms with Crippen molar-refractivity contribution in [2.24, 2.45) is 0 Å². The Bertz CT molecular complexity index is 1060. The van der Waals surface area contributed by atoms with Gasteiger partial charge in [-0.25, -0.2) is 9.97 Å². The first-order valence-corrected chi connectivity index (χ1v) is 11.8. The molecular weight excluding hydrogens is 428 g/mol. The van der Waals surface area contributed by atoms with E-state index < -0.39 is 0 Å². The fourth-order valence-electron chi connectivity index (χ4n) is 3.11. The number of hydrogen-bond donors (Lipinski definition) is 1. The number of aryl methyl sites for hydroxylation is 4. The molecule has 0 aliphatic carbocycles. The van der Waals surface area contributed by atoms with Crippen molar-refractivity contribution >= 4 is 35.1 Å². The topological polar surface area (TPSA) is 85.6 Å². The predicted octanol–water partition coefficient (Wildman–Crippen LogP) is 4.51. The number of nitrogens with zero attached hydrogens (tertiary/aromatic N) is 5. The van der Waals surface area contributed by atoms with Gasteiger partial charge in [-0.05, 0) is 57.0 Å². The maximum Gasteiger partial charge on any atom is 0.234 e. The van der Waals surface area contributed by atoms with E-state index in [9.17, 15) is 4.79 Å². The molecule has 9 heteroatoms. The van der Waals surface area contributed by atoms with Gasteiger partial charge in [-0.3, -0.25) is 4.79 Å². The van der Waals surface area contributed by atoms with Crippen LogP contribution in [0.5, 0.6) is 0 Å². The van der Waals surface area contributed by atoms with Crippen molar-refractivity contribution in [3.05, 3.63) is 65.3 Å². The fraction of sp³-hybridized carbons (Fsp3) is 0.318. The van der Waals surface area contributed by atoms with Crippen LogP contribution in [-0.2, 0) is 17.1 Å². The summed E-state index contributed by atoms with van der Waals surface area (Å²) in [6, 6.07) is 7.94. The minimum Gasteiger partial charge on any atom is -0.325 e. The van der Waals surface area contributed by atoms with Crippen molar-refractivity contribution < 1.29 is 4.79 Å². The Labute approximate surface area is 191 Å². The van der Waals surface area contributed by atoms with E-state index in [2.05, 4.69) is 38.1 Å². The molecule has 3 aromatic rings. The number of aromatic nitrogens is 5. The van der Waals surface area contributed by atoms with Gasteiger partial charge in [-0.1, -0.05) is 35.7 Å². The molecule has 1 N–H and O–H groups in total. The molecule has 2 aromatic heterocycles. The Balaban J connectivity index is 1.64. The van der Waals surface area contributed by atoms with Gasteiger partial charge in [0.05, 0.1) is 11.5 Å². The summed E-state index contributed by atoms with van der Waals surface area (Å²) in [6.45, 7) is 12.3. The maximum atomic E-state index is 12.4. The Hall–Kier alpha value is -2.65. The van der Waals surface area contributed by atoms with E-state index in [1.807, 2.05) is 50.5 Å². The van der Waals surface area contributed by atoms with Crippen LogP contribution in [0.15, 0.2) is 47.2 Å². The van der Waals surface area contributed by atoms with Crippen LogP contribution in [0.25, 0.3) is 0 Å². The van der Waals surface area contributed by atoms with Crippen molar-refractivity contribution in [1.82, 2.24) is 24.7 Å². The van der Waals surface area contributed by atoms with E-state index in [0.29, 0.717) is 22.6 Å². The van der Waals surface area contributed by atoms with E-state index in [0.717, 1.165) is 34.0 Å². The zero-order valence-electron chi connectivity index (χ0n) is 18.2. The van der Waals surface area contributed by atoms with Gasteiger partial charge in [-0.2, -0.15) is 0 Å². The third-order valence-electron chi connectivity index (χ3n) is 4.24. The summed E-state index contributed by atoms with van der Waals surface area (Å²) >= 11 is 2.87. The molecule has 31 heavy (non-hydrogen) atoms. The third kappa shape index (κ3) is 6.67. The van der Waals surface area contributed by atoms with Crippen molar-refractivity contribution in [2.45, 2.75) is 50.3 Å². The molecule has 0 atom stereocenters. The van der Waals surface area contributed by atoms with Gasteiger partial charge in [0, 0.05) is 23.6 Å². The second-order valence-electron chi connectivity index (χ2n) is 7.23. The summed E-state index contributed by atoms with van der Waals surface area (Å²) < 4.78 is 1.97. The van der Waals surface area contributed by atoms with Crippen LogP contribution >= 0.6 is 23.5 Å². The van der Waals surface area contributed by atoms with E-state index in [-0.39, 0.29) is 11.7 Å². The SMILES string of the molecule is C=CCn1c(CSc2nc(C)cc(C)n2)nnc1SCC(=O)Nc1cc(C)cc(C)c1. The third-order valence-corrected chi connectivity index (χ3v) is 6.05. The molecule has 0 saturated heterocycles. The highest BCUT2D eigenvalue weighted by atomic mass is 32.2. The lowest BCUT2D eigenvalue weighted by Gasteiger charge is -2.09. The first-order valence-electron chi connectivity index (χ1n) is 9.83. The summed E-state index contributed by atoms with van der Waals surface area (Å²) in [7, 11) is 0. The van der Waals surface area contributed by atoms with Crippen molar-refractivity contribution in [1.29, 1.82) is 0 Å². The highest BCUT2D eigenvalue weighted by Gasteiger charge is 2.15. The Morgan fingerprint density at radius 2 is 1.71 bits per heavy atom. The number of hydrogen-bond acceptors (Lipinski definition) is 7. The molecule has 162 valence electrons. The molecule has 2 heterocycles. The van der Waals surface area contributed by atoms with E-state index in [4.69, 9.17) is 0 Å². The fourth-order valence-corrected chi connectivity index (χ4v) is 4.76. The van der Waals surface area contributed by atoms with Gasteiger partial charge in [0.15, 0.2) is 10.3 Å². The summed E-state index contributed by atoms with van der Waals surface area (Å²) in [5, 5.41) is 13.0. The van der Waals surface area contributed by atoms with Crippen LogP contribution in [0.2, 0.25) is 0 Å². The highest BCUT2D eigenvalue weighted by molar-refractivity contribution is 7.99. The standard InChI is InChI=1S/C22H26N6OS2/c1-6-7-28-19(12-30-21-23-16(4)11-17(5)24-21)26-27-22(28)31-13-20(29)25-18-9-14(2)8-15(3)10-18/h6,8-11H,1,7,12-13H2,2-5H3,(H,25,29). The first kappa shape index (κ1) is 23.0. The lowest BCUT2D eigenvalue weighted by Crippen LogP contribution is -2.15.